The van der Waals surface area contributed by atoms with E-state index in [4.69, 9.17) is 9.32 Å². The van der Waals surface area contributed by atoms with Gasteiger partial charge in [0, 0.05) is 0 Å². The standard InChI is InChI=1S/Cl2O3.Li.Mg.3H/c3-1-5-2-4;;;;;/q;+1;+2;3*-1. The summed E-state index contributed by atoms with van der Waals surface area (Å²) < 4.78 is 21.3. The van der Waals surface area contributed by atoms with E-state index in [9.17, 15) is 0 Å². The topological polar surface area (TPSA) is 55.3 Å². The van der Waals surface area contributed by atoms with Crippen LogP contribution in [0, 0.1) is 22.7 Å². The maximum Gasteiger partial charge on any atom is 2.00 e. The molecule has 0 aromatic carbocycles. The molecule has 0 fully saturated rings. The predicted octanol–water partition coefficient (Wildman–Crippen LogP) is -5.49. The quantitative estimate of drug-likeness (QED) is 0.372. The van der Waals surface area contributed by atoms with Gasteiger partial charge in [0.2, 0.25) is 3.84 Å². The molecule has 0 atom stereocenters. The zero-order chi connectivity index (χ0) is 4.12. The summed E-state index contributed by atoms with van der Waals surface area (Å²) in [5.41, 5.74) is 0. The normalized spacial score (nSPS) is 6.00. The van der Waals surface area contributed by atoms with Crippen molar-refractivity contribution in [1.29, 1.82) is 0 Å². The zero-order valence-electron chi connectivity index (χ0n) is 6.69. The molecule has 7 heavy (non-hydrogen) atoms. The van der Waals surface area contributed by atoms with E-state index in [1.54, 1.807) is 0 Å². The Kier molecular flexibility index (Phi) is 35.6. The van der Waals surface area contributed by atoms with Gasteiger partial charge in [0.15, 0.2) is 0 Å². The van der Waals surface area contributed by atoms with Gasteiger partial charge in [-0.1, -0.05) is 0 Å². The molecule has 0 radical (unpaired) electrons. The first-order valence-electron chi connectivity index (χ1n) is 0.617. The van der Waals surface area contributed by atoms with E-state index in [-0.39, 0.29) is 68.8 Å². The van der Waals surface area contributed by atoms with Crippen LogP contribution in [0.1, 0.15) is 4.28 Å². The molecule has 0 amide bonds. The van der Waals surface area contributed by atoms with Crippen molar-refractivity contribution < 1.29 is 59.0 Å². The number of rotatable bonds is 2. The van der Waals surface area contributed by atoms with Gasteiger partial charge in [-0.05, 0) is 0 Å². The molecule has 38 valence electrons. The third kappa shape index (κ3) is 18.1. The molecule has 0 aromatic rings. The van der Waals surface area contributed by atoms with Gasteiger partial charge in [-0.3, -0.25) is 0 Å². The smallest absolute Gasteiger partial charge is 1.00 e. The fraction of sp³-hybridized carbons (Fsp3) is 0. The first kappa shape index (κ1) is 15.9. The average molecular weight is 153 g/mol. The molecule has 3 nitrogen and oxygen atoms in total. The molecular weight excluding hydrogens is 150 g/mol. The van der Waals surface area contributed by atoms with E-state index >= 15 is 0 Å². The minimum atomic E-state index is 0. The van der Waals surface area contributed by atoms with Gasteiger partial charge in [0.05, 0.1) is 0 Å². The number of halogens is 2. The minimum Gasteiger partial charge on any atom is -1.00 e. The Balaban J connectivity index is -0.00000000800. The van der Waals surface area contributed by atoms with Crippen molar-refractivity contribution in [3.8, 4) is 0 Å². The summed E-state index contributed by atoms with van der Waals surface area (Å²) in [6.45, 7) is 0. The van der Waals surface area contributed by atoms with Gasteiger partial charge in [-0.25, -0.2) is 0 Å². The van der Waals surface area contributed by atoms with E-state index in [2.05, 4.69) is 3.84 Å². The summed E-state index contributed by atoms with van der Waals surface area (Å²) in [5.74, 6) is 0. The fourth-order valence-corrected chi connectivity index (χ4v) is 0.0875. The third-order valence-corrected chi connectivity index (χ3v) is 0.429. The molecule has 0 rings (SSSR count). The van der Waals surface area contributed by atoms with E-state index in [1.165, 1.54) is 0 Å². The van der Waals surface area contributed by atoms with Crippen LogP contribution in [0.3, 0.4) is 0 Å². The van der Waals surface area contributed by atoms with Crippen molar-refractivity contribution in [3.63, 3.8) is 0 Å². The molecule has 0 aliphatic carbocycles. The van der Waals surface area contributed by atoms with Gasteiger partial charge >= 0.3 is 64.6 Å². The molecule has 0 aliphatic rings. The summed E-state index contributed by atoms with van der Waals surface area (Å²) in [4.78, 5) is 0. The molecule has 0 spiro atoms. The maximum absolute atomic E-state index is 8.93. The summed E-state index contributed by atoms with van der Waals surface area (Å²) in [6.07, 6.45) is 0. The molecule has 0 N–H and O–H groups in total. The minimum absolute atomic E-state index is 0. The molecule has 7 heteroatoms. The molecule has 0 aliphatic heterocycles. The van der Waals surface area contributed by atoms with Crippen molar-refractivity contribution in [3.05, 3.63) is 0 Å². The molecule has 0 saturated heterocycles. The van der Waals surface area contributed by atoms with Gasteiger partial charge in [-0.15, -0.1) is 0 Å². The molecule has 0 bridgehead atoms. The van der Waals surface area contributed by atoms with Crippen LogP contribution in [0.15, 0.2) is 0 Å². The van der Waals surface area contributed by atoms with Crippen molar-refractivity contribution in [1.82, 2.24) is 0 Å². The predicted molar refractivity (Wildman–Crippen MR) is 10.2 cm³/mol. The van der Waals surface area contributed by atoms with E-state index in [0.29, 0.717) is 0 Å². The van der Waals surface area contributed by atoms with Gasteiger partial charge < -0.3 is 13.6 Å². The van der Waals surface area contributed by atoms with E-state index in [1.807, 2.05) is 0 Å². The van der Waals surface area contributed by atoms with Crippen molar-refractivity contribution in [2.24, 2.45) is 0 Å². The Labute approximate surface area is 81.7 Å². The fourth-order valence-electron chi connectivity index (χ4n) is 0.00972. The van der Waals surface area contributed by atoms with Crippen LogP contribution in [-0.2, 0) is 3.84 Å². The van der Waals surface area contributed by atoms with Crippen LogP contribution in [0.4, 0.5) is 0 Å². The van der Waals surface area contributed by atoms with Crippen LogP contribution in [0.25, 0.3) is 0 Å². The Morgan fingerprint density at radius 3 is 1.57 bits per heavy atom. The first-order chi connectivity index (χ1) is 2.41. The summed E-state index contributed by atoms with van der Waals surface area (Å²) in [6, 6.07) is 0. The Hall–Kier alpha value is 1.82. The second-order valence-electron chi connectivity index (χ2n) is 0.184. The molecule has 0 saturated carbocycles. The van der Waals surface area contributed by atoms with Crippen molar-refractivity contribution in [2.75, 3.05) is 0 Å². The van der Waals surface area contributed by atoms with Crippen LogP contribution in [0.2, 0.25) is 0 Å². The first-order valence-corrected chi connectivity index (χ1v) is 1.85. The maximum atomic E-state index is 8.93. The van der Waals surface area contributed by atoms with Gasteiger partial charge in [0.1, 0.15) is 0 Å². The molecule has 0 heterocycles. The van der Waals surface area contributed by atoms with Crippen molar-refractivity contribution >= 4 is 23.1 Å². The zero-order valence-corrected chi connectivity index (χ0v) is 6.61. The van der Waals surface area contributed by atoms with E-state index in [0.717, 1.165) is 0 Å². The van der Waals surface area contributed by atoms with Crippen LogP contribution in [0.5, 0.6) is 0 Å². The Bertz CT molecular complexity index is 29.2. The van der Waals surface area contributed by atoms with Gasteiger partial charge in [0.25, 0.3) is 0 Å². The molecule has 0 unspecified atom stereocenters. The third-order valence-electron chi connectivity index (χ3n) is 0.0476. The summed E-state index contributed by atoms with van der Waals surface area (Å²) >= 11 is 0.299. The summed E-state index contributed by atoms with van der Waals surface area (Å²) in [5, 5.41) is 0. The van der Waals surface area contributed by atoms with Crippen LogP contribution in [-0.4, -0.2) is 23.1 Å². The Morgan fingerprint density at radius 1 is 1.29 bits per heavy atom. The van der Waals surface area contributed by atoms with Gasteiger partial charge in [-0.2, -0.15) is 0 Å². The number of hydrogen-bond donors (Lipinski definition) is 0. The SMILES string of the molecule is [H-].[H-].[H-].[Li+].[Mg+2].[O-][Cl+]O[Cl+][O-]. The number of hydrogen-bond acceptors (Lipinski definition) is 3. The monoisotopic (exact) mass is 152 g/mol. The molecular formula is H3Cl2LiMgO3. The average Bonchev–Trinajstić information content (AvgIpc) is 1.41. The van der Waals surface area contributed by atoms with Crippen LogP contribution < -0.4 is 28.2 Å². The largest absolute Gasteiger partial charge is 2.00 e. The Morgan fingerprint density at radius 2 is 1.57 bits per heavy atom. The second kappa shape index (κ2) is 15.7. The van der Waals surface area contributed by atoms with E-state index < -0.39 is 0 Å². The second-order valence-corrected chi connectivity index (χ2v) is 0.903. The van der Waals surface area contributed by atoms with Crippen molar-refractivity contribution in [2.45, 2.75) is 0 Å². The van der Waals surface area contributed by atoms with Crippen LogP contribution >= 0.6 is 0 Å². The molecule has 0 aromatic heterocycles. The summed E-state index contributed by atoms with van der Waals surface area (Å²) in [7, 11) is 0.